The van der Waals surface area contributed by atoms with Gasteiger partial charge in [0.05, 0.1) is 6.54 Å². The van der Waals surface area contributed by atoms with Crippen molar-refractivity contribution in [3.63, 3.8) is 0 Å². The van der Waals surface area contributed by atoms with E-state index in [1.807, 2.05) is 33.0 Å². The molecule has 1 fully saturated rings. The monoisotopic (exact) mass is 292 g/mol. The van der Waals surface area contributed by atoms with Crippen LogP contribution in [0.2, 0.25) is 0 Å². The fourth-order valence-corrected chi connectivity index (χ4v) is 2.76. The maximum atomic E-state index is 12.6. The molecule has 0 saturated carbocycles. The van der Waals surface area contributed by atoms with Crippen LogP contribution >= 0.6 is 0 Å². The van der Waals surface area contributed by atoms with E-state index in [0.717, 1.165) is 6.42 Å². The Hall–Kier alpha value is -1.85. The number of amides is 2. The van der Waals surface area contributed by atoms with Gasteiger partial charge < -0.3 is 10.2 Å². The van der Waals surface area contributed by atoms with E-state index in [1.165, 1.54) is 0 Å². The molecule has 1 aromatic rings. The Labute approximate surface area is 125 Å². The molecular formula is C15H24N4O2. The van der Waals surface area contributed by atoms with Crippen LogP contribution in [0, 0.1) is 5.92 Å². The molecule has 116 valence electrons. The second-order valence-electron chi connectivity index (χ2n) is 5.60. The number of carbonyl (C=O) groups is 2. The molecule has 1 aliphatic rings. The summed E-state index contributed by atoms with van der Waals surface area (Å²) in [7, 11) is 0. The molecule has 0 spiro atoms. The summed E-state index contributed by atoms with van der Waals surface area (Å²) in [5, 5.41) is 7.00. The molecule has 0 radical (unpaired) electrons. The molecule has 2 heterocycles. The summed E-state index contributed by atoms with van der Waals surface area (Å²) in [5.74, 6) is 0.134. The molecule has 0 bridgehead atoms. The third-order valence-corrected chi connectivity index (χ3v) is 4.22. The first-order valence-electron chi connectivity index (χ1n) is 7.66. The van der Waals surface area contributed by atoms with Gasteiger partial charge in [-0.15, -0.1) is 0 Å². The van der Waals surface area contributed by atoms with Crippen LogP contribution < -0.4 is 5.32 Å². The van der Waals surface area contributed by atoms with Gasteiger partial charge in [0.1, 0.15) is 12.1 Å². The van der Waals surface area contributed by atoms with E-state index in [2.05, 4.69) is 10.4 Å². The van der Waals surface area contributed by atoms with Crippen LogP contribution in [0.15, 0.2) is 18.5 Å². The zero-order chi connectivity index (χ0) is 15.4. The highest BCUT2D eigenvalue weighted by Gasteiger charge is 2.41. The molecule has 6 nitrogen and oxygen atoms in total. The van der Waals surface area contributed by atoms with Crippen molar-refractivity contribution in [3.8, 4) is 0 Å². The molecule has 1 saturated heterocycles. The zero-order valence-electron chi connectivity index (χ0n) is 13.0. The number of nitrogens with one attached hydrogen (secondary N) is 1. The SMILES string of the molecule is CCC1NC(=O)C(C(C)CC)N(CCn2cccn2)C1=O. The number of aromatic nitrogens is 2. The highest BCUT2D eigenvalue weighted by atomic mass is 16.2. The molecule has 0 aliphatic carbocycles. The maximum absolute atomic E-state index is 12.6. The van der Waals surface area contributed by atoms with Crippen LogP contribution in [0.1, 0.15) is 33.6 Å². The van der Waals surface area contributed by atoms with Gasteiger partial charge in [-0.05, 0) is 18.4 Å². The average molecular weight is 292 g/mol. The van der Waals surface area contributed by atoms with Crippen molar-refractivity contribution in [2.45, 2.75) is 52.2 Å². The minimum atomic E-state index is -0.393. The number of hydrogen-bond donors (Lipinski definition) is 1. The highest BCUT2D eigenvalue weighted by molar-refractivity contribution is 5.97. The minimum absolute atomic E-state index is 0.0227. The summed E-state index contributed by atoms with van der Waals surface area (Å²) in [6.45, 7) is 7.09. The van der Waals surface area contributed by atoms with Gasteiger partial charge in [-0.25, -0.2) is 0 Å². The summed E-state index contributed by atoms with van der Waals surface area (Å²) in [6.07, 6.45) is 5.06. The van der Waals surface area contributed by atoms with Crippen LogP contribution in [-0.4, -0.2) is 45.1 Å². The minimum Gasteiger partial charge on any atom is -0.343 e. The van der Waals surface area contributed by atoms with Crippen LogP contribution in [-0.2, 0) is 16.1 Å². The molecule has 2 rings (SSSR count). The first-order chi connectivity index (χ1) is 10.1. The fraction of sp³-hybridized carbons (Fsp3) is 0.667. The number of rotatable bonds is 6. The van der Waals surface area contributed by atoms with E-state index < -0.39 is 6.04 Å². The number of carbonyl (C=O) groups excluding carboxylic acids is 2. The Morgan fingerprint density at radius 2 is 2.10 bits per heavy atom. The van der Waals surface area contributed by atoms with Crippen LogP contribution in [0.5, 0.6) is 0 Å². The molecule has 0 aromatic carbocycles. The molecule has 3 atom stereocenters. The first kappa shape index (κ1) is 15.5. The van der Waals surface area contributed by atoms with Gasteiger partial charge in [-0.2, -0.15) is 5.10 Å². The van der Waals surface area contributed by atoms with Crippen LogP contribution in [0.3, 0.4) is 0 Å². The van der Waals surface area contributed by atoms with Crippen molar-refractivity contribution in [2.75, 3.05) is 6.54 Å². The summed E-state index contributed by atoms with van der Waals surface area (Å²) in [4.78, 5) is 26.7. The Kier molecular flexibility index (Phi) is 4.98. The normalized spacial score (nSPS) is 24.0. The van der Waals surface area contributed by atoms with Crippen molar-refractivity contribution in [1.82, 2.24) is 20.0 Å². The topological polar surface area (TPSA) is 67.2 Å². The smallest absolute Gasteiger partial charge is 0.245 e. The van der Waals surface area contributed by atoms with Gasteiger partial charge in [0.15, 0.2) is 0 Å². The second-order valence-corrected chi connectivity index (χ2v) is 5.60. The van der Waals surface area contributed by atoms with E-state index in [-0.39, 0.29) is 23.8 Å². The Bertz CT molecular complexity index is 486. The quantitative estimate of drug-likeness (QED) is 0.851. The summed E-state index contributed by atoms with van der Waals surface area (Å²) in [5.41, 5.74) is 0. The fourth-order valence-electron chi connectivity index (χ4n) is 2.76. The lowest BCUT2D eigenvalue weighted by Crippen LogP contribution is -2.65. The molecule has 21 heavy (non-hydrogen) atoms. The lowest BCUT2D eigenvalue weighted by atomic mass is 9.93. The predicted molar refractivity (Wildman–Crippen MR) is 79.4 cm³/mol. The zero-order valence-corrected chi connectivity index (χ0v) is 13.0. The van der Waals surface area contributed by atoms with Crippen LogP contribution in [0.4, 0.5) is 0 Å². The Morgan fingerprint density at radius 1 is 1.33 bits per heavy atom. The van der Waals surface area contributed by atoms with E-state index in [0.29, 0.717) is 19.5 Å². The first-order valence-corrected chi connectivity index (χ1v) is 7.66. The van der Waals surface area contributed by atoms with E-state index in [9.17, 15) is 9.59 Å². The van der Waals surface area contributed by atoms with Gasteiger partial charge in [0.25, 0.3) is 0 Å². The van der Waals surface area contributed by atoms with E-state index in [1.54, 1.807) is 15.8 Å². The summed E-state index contributed by atoms with van der Waals surface area (Å²) < 4.78 is 1.79. The van der Waals surface area contributed by atoms with Gasteiger partial charge in [0.2, 0.25) is 11.8 Å². The summed E-state index contributed by atoms with van der Waals surface area (Å²) >= 11 is 0. The van der Waals surface area contributed by atoms with E-state index >= 15 is 0 Å². The summed E-state index contributed by atoms with van der Waals surface area (Å²) in [6, 6.07) is 1.09. The largest absolute Gasteiger partial charge is 0.343 e. The molecule has 2 amide bonds. The molecule has 1 aliphatic heterocycles. The highest BCUT2D eigenvalue weighted by Crippen LogP contribution is 2.21. The predicted octanol–water partition coefficient (Wildman–Crippen LogP) is 1.03. The molecule has 3 unspecified atom stereocenters. The van der Waals surface area contributed by atoms with Crippen molar-refractivity contribution in [2.24, 2.45) is 5.92 Å². The van der Waals surface area contributed by atoms with Gasteiger partial charge in [-0.1, -0.05) is 27.2 Å². The lowest BCUT2D eigenvalue weighted by Gasteiger charge is -2.41. The third kappa shape index (κ3) is 3.25. The van der Waals surface area contributed by atoms with Crippen molar-refractivity contribution < 1.29 is 9.59 Å². The Balaban J connectivity index is 2.16. The van der Waals surface area contributed by atoms with Gasteiger partial charge in [0, 0.05) is 18.9 Å². The molecule has 1 N–H and O–H groups in total. The maximum Gasteiger partial charge on any atom is 0.245 e. The van der Waals surface area contributed by atoms with Crippen molar-refractivity contribution >= 4 is 11.8 Å². The van der Waals surface area contributed by atoms with Crippen molar-refractivity contribution in [1.29, 1.82) is 0 Å². The lowest BCUT2D eigenvalue weighted by molar-refractivity contribution is -0.151. The van der Waals surface area contributed by atoms with E-state index in [4.69, 9.17) is 0 Å². The third-order valence-electron chi connectivity index (χ3n) is 4.22. The van der Waals surface area contributed by atoms with Crippen LogP contribution in [0.25, 0.3) is 0 Å². The van der Waals surface area contributed by atoms with Gasteiger partial charge >= 0.3 is 0 Å². The van der Waals surface area contributed by atoms with Crippen molar-refractivity contribution in [3.05, 3.63) is 18.5 Å². The second kappa shape index (κ2) is 6.74. The number of nitrogens with zero attached hydrogens (tertiary/aromatic N) is 3. The molecular weight excluding hydrogens is 268 g/mol. The number of piperazine rings is 1. The number of hydrogen-bond acceptors (Lipinski definition) is 3. The standard InChI is InChI=1S/C15H24N4O2/c1-4-11(3)13-14(20)17-12(5-2)15(21)19(13)10-9-18-8-6-7-16-18/h6-8,11-13H,4-5,9-10H2,1-3H3,(H,17,20). The van der Waals surface area contributed by atoms with Gasteiger partial charge in [-0.3, -0.25) is 14.3 Å². The Morgan fingerprint density at radius 3 is 2.67 bits per heavy atom. The average Bonchev–Trinajstić information content (AvgIpc) is 3.00. The molecule has 6 heteroatoms. The molecule has 1 aromatic heterocycles.